The van der Waals surface area contributed by atoms with Crippen LogP contribution in [0.1, 0.15) is 26.7 Å². The normalized spacial score (nSPS) is 17.7. The van der Waals surface area contributed by atoms with Crippen LogP contribution < -0.4 is 15.5 Å². The molecule has 2 unspecified atom stereocenters. The van der Waals surface area contributed by atoms with Crippen LogP contribution in [0.3, 0.4) is 0 Å². The second-order valence-corrected chi connectivity index (χ2v) is 7.49. The van der Waals surface area contributed by atoms with Crippen molar-refractivity contribution >= 4 is 53.1 Å². The summed E-state index contributed by atoms with van der Waals surface area (Å²) in [5.41, 5.74) is 0.904. The summed E-state index contributed by atoms with van der Waals surface area (Å²) in [6.45, 7) is 5.86. The molecule has 28 heavy (non-hydrogen) atoms. The van der Waals surface area contributed by atoms with Gasteiger partial charge in [-0.2, -0.15) is 0 Å². The van der Waals surface area contributed by atoms with Crippen LogP contribution in [0.4, 0.5) is 10.1 Å². The summed E-state index contributed by atoms with van der Waals surface area (Å²) < 4.78 is 13.4. The lowest BCUT2D eigenvalue weighted by Crippen LogP contribution is -2.48. The lowest BCUT2D eigenvalue weighted by Gasteiger charge is -2.22. The van der Waals surface area contributed by atoms with Gasteiger partial charge in [-0.1, -0.05) is 18.5 Å². The summed E-state index contributed by atoms with van der Waals surface area (Å²) >= 11 is 5.90. The minimum atomic E-state index is -0.410. The topological polar surface area (TPSA) is 60.0 Å². The number of anilines is 1. The van der Waals surface area contributed by atoms with Gasteiger partial charge >= 0.3 is 0 Å². The summed E-state index contributed by atoms with van der Waals surface area (Å²) in [5.74, 6) is 0.185. The molecule has 0 aliphatic carbocycles. The number of aliphatic imine (C=N–C) groups is 1. The van der Waals surface area contributed by atoms with E-state index in [-0.39, 0.29) is 53.5 Å². The fraction of sp³-hybridized carbons (Fsp3) is 0.579. The number of benzene rings is 1. The molecule has 2 N–H and O–H groups in total. The summed E-state index contributed by atoms with van der Waals surface area (Å²) in [4.78, 5) is 20.0. The van der Waals surface area contributed by atoms with E-state index in [9.17, 15) is 9.18 Å². The highest BCUT2D eigenvalue weighted by molar-refractivity contribution is 14.0. The van der Waals surface area contributed by atoms with Crippen molar-refractivity contribution in [3.05, 3.63) is 29.0 Å². The number of nitrogens with one attached hydrogen (secondary N) is 2. The number of nitrogens with zero attached hydrogens (tertiary/aromatic N) is 3. The number of rotatable bonds is 6. The zero-order chi connectivity index (χ0) is 20.0. The molecule has 1 saturated heterocycles. The zero-order valence-electron chi connectivity index (χ0n) is 16.8. The van der Waals surface area contributed by atoms with E-state index >= 15 is 0 Å². The molecular weight excluding hydrogens is 496 g/mol. The minimum absolute atomic E-state index is 0. The fourth-order valence-corrected chi connectivity index (χ4v) is 2.92. The van der Waals surface area contributed by atoms with Crippen molar-refractivity contribution in [1.29, 1.82) is 0 Å². The molecule has 0 aromatic heterocycles. The molecule has 1 aromatic carbocycles. The van der Waals surface area contributed by atoms with Crippen LogP contribution in [0.5, 0.6) is 0 Å². The Morgan fingerprint density at radius 3 is 2.79 bits per heavy atom. The van der Waals surface area contributed by atoms with Crippen LogP contribution in [0.15, 0.2) is 23.2 Å². The van der Waals surface area contributed by atoms with E-state index in [4.69, 9.17) is 11.6 Å². The Bertz CT molecular complexity index is 688. The van der Waals surface area contributed by atoms with Crippen molar-refractivity contribution in [2.24, 2.45) is 4.99 Å². The van der Waals surface area contributed by atoms with Crippen molar-refractivity contribution in [2.75, 3.05) is 38.6 Å². The van der Waals surface area contributed by atoms with E-state index in [0.29, 0.717) is 5.96 Å². The van der Waals surface area contributed by atoms with Crippen LogP contribution in [0.2, 0.25) is 5.02 Å². The molecule has 2 atom stereocenters. The number of hydrogen-bond acceptors (Lipinski definition) is 3. The van der Waals surface area contributed by atoms with E-state index in [2.05, 4.69) is 34.4 Å². The van der Waals surface area contributed by atoms with E-state index in [1.54, 1.807) is 26.2 Å². The van der Waals surface area contributed by atoms with Crippen LogP contribution in [0.25, 0.3) is 0 Å². The molecule has 0 spiro atoms. The van der Waals surface area contributed by atoms with E-state index in [1.807, 2.05) is 0 Å². The molecular formula is C19H30ClFIN5O. The number of carbonyl (C=O) groups is 1. The van der Waals surface area contributed by atoms with Crippen LogP contribution in [-0.4, -0.2) is 62.6 Å². The van der Waals surface area contributed by atoms with Gasteiger partial charge in [0.15, 0.2) is 5.96 Å². The van der Waals surface area contributed by atoms with Gasteiger partial charge in [0.1, 0.15) is 12.4 Å². The molecule has 0 saturated carbocycles. The first-order valence-corrected chi connectivity index (χ1v) is 9.65. The monoisotopic (exact) mass is 525 g/mol. The Labute approximate surface area is 188 Å². The predicted molar refractivity (Wildman–Crippen MR) is 124 cm³/mol. The highest BCUT2D eigenvalue weighted by atomic mass is 127. The first-order valence-electron chi connectivity index (χ1n) is 9.27. The molecule has 2 rings (SSSR count). The van der Waals surface area contributed by atoms with Gasteiger partial charge in [0.2, 0.25) is 5.91 Å². The molecule has 158 valence electrons. The minimum Gasteiger partial charge on any atom is -0.369 e. The average Bonchev–Trinajstić information content (AvgIpc) is 3.09. The average molecular weight is 526 g/mol. The van der Waals surface area contributed by atoms with Crippen LogP contribution in [0, 0.1) is 5.82 Å². The number of likely N-dealkylation sites (N-methyl/N-ethyl adjacent to an activating group) is 1. The highest BCUT2D eigenvalue weighted by Gasteiger charge is 2.24. The second kappa shape index (κ2) is 11.6. The van der Waals surface area contributed by atoms with Crippen LogP contribution in [-0.2, 0) is 4.79 Å². The maximum Gasteiger partial charge on any atom is 0.243 e. The Hall–Kier alpha value is -1.29. The SMILES string of the molecule is CCC(C)NC(=NCC(=O)N(C)C)NC1CCN(c2ccc(F)c(Cl)c2)C1.I. The summed E-state index contributed by atoms with van der Waals surface area (Å²) in [6, 6.07) is 5.22. The predicted octanol–water partition coefficient (Wildman–Crippen LogP) is 3.10. The lowest BCUT2D eigenvalue weighted by atomic mass is 10.2. The van der Waals surface area contributed by atoms with Gasteiger partial charge in [0, 0.05) is 45.0 Å². The van der Waals surface area contributed by atoms with Crippen molar-refractivity contribution in [2.45, 2.75) is 38.8 Å². The molecule has 1 aliphatic rings. The van der Waals surface area contributed by atoms with Gasteiger partial charge in [0.25, 0.3) is 0 Å². The molecule has 0 radical (unpaired) electrons. The zero-order valence-corrected chi connectivity index (χ0v) is 19.9. The first kappa shape index (κ1) is 24.7. The Morgan fingerprint density at radius 2 is 2.18 bits per heavy atom. The molecule has 6 nitrogen and oxygen atoms in total. The van der Waals surface area contributed by atoms with Crippen LogP contribution >= 0.6 is 35.6 Å². The maximum atomic E-state index is 13.4. The Kier molecular flexibility index (Phi) is 10.3. The third-order valence-corrected chi connectivity index (χ3v) is 4.95. The molecule has 1 heterocycles. The van der Waals surface area contributed by atoms with Crippen molar-refractivity contribution in [3.8, 4) is 0 Å². The molecule has 1 fully saturated rings. The maximum absolute atomic E-state index is 13.4. The third-order valence-electron chi connectivity index (χ3n) is 4.66. The smallest absolute Gasteiger partial charge is 0.243 e. The van der Waals surface area contributed by atoms with Crippen molar-refractivity contribution in [1.82, 2.24) is 15.5 Å². The van der Waals surface area contributed by atoms with Gasteiger partial charge < -0.3 is 20.4 Å². The lowest BCUT2D eigenvalue weighted by molar-refractivity contribution is -0.127. The number of guanidine groups is 1. The number of amides is 1. The Balaban J connectivity index is 0.00000392. The third kappa shape index (κ3) is 7.27. The molecule has 9 heteroatoms. The summed E-state index contributed by atoms with van der Waals surface area (Å²) in [6.07, 6.45) is 1.87. The largest absolute Gasteiger partial charge is 0.369 e. The fourth-order valence-electron chi connectivity index (χ4n) is 2.74. The van der Waals surface area contributed by atoms with Gasteiger partial charge in [-0.15, -0.1) is 24.0 Å². The number of carbonyl (C=O) groups excluding carboxylic acids is 1. The van der Waals surface area contributed by atoms with E-state index < -0.39 is 5.82 Å². The van der Waals surface area contributed by atoms with Gasteiger partial charge in [-0.25, -0.2) is 9.38 Å². The quantitative estimate of drug-likeness (QED) is 0.340. The van der Waals surface area contributed by atoms with Gasteiger partial charge in [-0.05, 0) is 38.0 Å². The summed E-state index contributed by atoms with van der Waals surface area (Å²) in [7, 11) is 3.44. The molecule has 1 aromatic rings. The highest BCUT2D eigenvalue weighted by Crippen LogP contribution is 2.25. The number of halogens is 3. The Morgan fingerprint density at radius 1 is 1.46 bits per heavy atom. The molecule has 1 amide bonds. The molecule has 1 aliphatic heterocycles. The second-order valence-electron chi connectivity index (χ2n) is 7.08. The van der Waals surface area contributed by atoms with Gasteiger partial charge in [-0.3, -0.25) is 4.79 Å². The summed E-state index contributed by atoms with van der Waals surface area (Å²) in [5, 5.41) is 6.89. The van der Waals surface area contributed by atoms with E-state index in [1.165, 1.54) is 11.0 Å². The molecule has 0 bridgehead atoms. The van der Waals surface area contributed by atoms with Crippen molar-refractivity contribution < 1.29 is 9.18 Å². The first-order chi connectivity index (χ1) is 12.8. The number of hydrogen-bond donors (Lipinski definition) is 2. The standard InChI is InChI=1S/C19H29ClFN5O.HI/c1-5-13(2)23-19(22-11-18(27)25(3)4)24-14-8-9-26(12-14)15-6-7-17(21)16(20)10-15;/h6-7,10,13-14H,5,8-9,11-12H2,1-4H3,(H2,22,23,24);1H. The van der Waals surface area contributed by atoms with E-state index in [0.717, 1.165) is 31.6 Å². The van der Waals surface area contributed by atoms with Crippen molar-refractivity contribution in [3.63, 3.8) is 0 Å². The van der Waals surface area contributed by atoms with Gasteiger partial charge in [0.05, 0.1) is 5.02 Å².